The number of hydrogen-bond acceptors (Lipinski definition) is 5. The Balaban J connectivity index is 1.66. The van der Waals surface area contributed by atoms with Crippen LogP contribution < -0.4 is 13.8 Å². The first kappa shape index (κ1) is 28.5. The van der Waals surface area contributed by atoms with Crippen molar-refractivity contribution in [1.82, 2.24) is 4.90 Å². The third-order valence-electron chi connectivity index (χ3n) is 6.98. The zero-order valence-corrected chi connectivity index (χ0v) is 24.4. The van der Waals surface area contributed by atoms with Gasteiger partial charge in [0.25, 0.3) is 10.0 Å². The van der Waals surface area contributed by atoms with Crippen molar-refractivity contribution in [3.8, 4) is 11.5 Å². The van der Waals surface area contributed by atoms with E-state index in [1.54, 1.807) is 49.5 Å². The monoisotopic (exact) mass is 550 g/mol. The minimum atomic E-state index is -4.01. The number of methoxy groups -OCH3 is 2. The van der Waals surface area contributed by atoms with E-state index >= 15 is 0 Å². The summed E-state index contributed by atoms with van der Waals surface area (Å²) in [5, 5.41) is 0. The van der Waals surface area contributed by atoms with Gasteiger partial charge in [-0.3, -0.25) is 9.10 Å². The van der Waals surface area contributed by atoms with Gasteiger partial charge in [0.1, 0.15) is 18.0 Å². The van der Waals surface area contributed by atoms with E-state index in [9.17, 15) is 13.2 Å². The van der Waals surface area contributed by atoms with Crippen LogP contribution in [0.1, 0.15) is 50.3 Å². The van der Waals surface area contributed by atoms with Gasteiger partial charge in [0.05, 0.1) is 24.8 Å². The zero-order chi connectivity index (χ0) is 28.4. The topological polar surface area (TPSA) is 76.2 Å². The van der Waals surface area contributed by atoms with E-state index in [1.165, 1.54) is 4.31 Å². The molecule has 0 aromatic heterocycles. The molecular weight excluding hydrogens is 512 g/mol. The summed E-state index contributed by atoms with van der Waals surface area (Å²) in [6, 6.07) is 19.7. The summed E-state index contributed by atoms with van der Waals surface area (Å²) >= 11 is 0. The number of rotatable bonds is 10. The SMILES string of the molecule is COc1cc(CN(C(=O)CN(c2ccc(C)cc2)S(=O)(=O)c2ccc(C(C)(C)C)cc2)C2CC2)cc(OC)c1. The Bertz CT molecular complexity index is 1380. The number of ether oxygens (including phenoxy) is 2. The normalized spacial score (nSPS) is 13.6. The number of benzene rings is 3. The van der Waals surface area contributed by atoms with Crippen molar-refractivity contribution in [1.29, 1.82) is 0 Å². The number of anilines is 1. The number of carbonyl (C=O) groups excluding carboxylic acids is 1. The van der Waals surface area contributed by atoms with Crippen LogP contribution in [0.25, 0.3) is 0 Å². The van der Waals surface area contributed by atoms with Crippen molar-refractivity contribution in [2.24, 2.45) is 0 Å². The molecule has 0 N–H and O–H groups in total. The summed E-state index contributed by atoms with van der Waals surface area (Å²) in [5.41, 5.74) is 3.24. The lowest BCUT2D eigenvalue weighted by atomic mass is 9.87. The van der Waals surface area contributed by atoms with E-state index in [0.29, 0.717) is 23.7 Å². The fraction of sp³-hybridized carbons (Fsp3) is 0.387. The molecule has 0 heterocycles. The van der Waals surface area contributed by atoms with Gasteiger partial charge in [-0.1, -0.05) is 50.6 Å². The third kappa shape index (κ3) is 6.74. The average molecular weight is 551 g/mol. The van der Waals surface area contributed by atoms with Crippen molar-refractivity contribution in [3.05, 3.63) is 83.4 Å². The molecule has 0 radical (unpaired) electrons. The molecule has 0 unspecified atom stereocenters. The maximum Gasteiger partial charge on any atom is 0.264 e. The van der Waals surface area contributed by atoms with Crippen LogP contribution in [0.5, 0.6) is 11.5 Å². The van der Waals surface area contributed by atoms with Crippen molar-refractivity contribution < 1.29 is 22.7 Å². The van der Waals surface area contributed by atoms with Crippen LogP contribution >= 0.6 is 0 Å². The van der Waals surface area contributed by atoms with Crippen LogP contribution in [0.15, 0.2) is 71.6 Å². The second-order valence-electron chi connectivity index (χ2n) is 11.1. The summed E-state index contributed by atoms with van der Waals surface area (Å²) in [4.78, 5) is 15.7. The predicted molar refractivity (Wildman–Crippen MR) is 154 cm³/mol. The number of aryl methyl sites for hydroxylation is 1. The summed E-state index contributed by atoms with van der Waals surface area (Å²) in [5.74, 6) is 1.01. The molecule has 7 nitrogen and oxygen atoms in total. The van der Waals surface area contributed by atoms with E-state index in [0.717, 1.165) is 29.5 Å². The Labute approximate surface area is 232 Å². The molecule has 0 bridgehead atoms. The lowest BCUT2D eigenvalue weighted by Crippen LogP contribution is -2.43. The molecule has 1 aliphatic carbocycles. The molecule has 208 valence electrons. The fourth-order valence-electron chi connectivity index (χ4n) is 4.46. The molecule has 0 saturated heterocycles. The number of nitrogens with zero attached hydrogens (tertiary/aromatic N) is 2. The minimum absolute atomic E-state index is 0.0725. The molecule has 39 heavy (non-hydrogen) atoms. The summed E-state index contributed by atoms with van der Waals surface area (Å²) in [6.45, 7) is 8.22. The predicted octanol–water partition coefficient (Wildman–Crippen LogP) is 5.70. The standard InChI is InChI=1S/C31H38N2O5S/c1-22-7-11-26(12-8-22)33(39(35,36)29-15-9-24(10-16-29)31(2,3)4)21-30(34)32(25-13-14-25)20-23-17-27(37-5)19-28(18-23)38-6/h7-12,15-19,25H,13-14,20-21H2,1-6H3. The highest BCUT2D eigenvalue weighted by atomic mass is 32.2. The van der Waals surface area contributed by atoms with Crippen molar-refractivity contribution in [2.45, 2.75) is 63.4 Å². The van der Waals surface area contributed by atoms with Crippen LogP contribution in [0.2, 0.25) is 0 Å². The minimum Gasteiger partial charge on any atom is -0.497 e. The molecule has 1 amide bonds. The van der Waals surface area contributed by atoms with Crippen molar-refractivity contribution in [3.63, 3.8) is 0 Å². The lowest BCUT2D eigenvalue weighted by molar-refractivity contribution is -0.130. The number of amides is 1. The first-order valence-electron chi connectivity index (χ1n) is 13.1. The maximum absolute atomic E-state index is 14.0. The average Bonchev–Trinajstić information content (AvgIpc) is 3.75. The Morgan fingerprint density at radius 1 is 0.897 bits per heavy atom. The Morgan fingerprint density at radius 3 is 1.95 bits per heavy atom. The van der Waals surface area contributed by atoms with Gasteiger partial charge in [-0.2, -0.15) is 0 Å². The summed E-state index contributed by atoms with van der Waals surface area (Å²) < 4.78 is 40.0. The molecule has 3 aromatic rings. The number of sulfonamides is 1. The highest BCUT2D eigenvalue weighted by molar-refractivity contribution is 7.92. The molecule has 0 aliphatic heterocycles. The number of hydrogen-bond donors (Lipinski definition) is 0. The molecule has 0 atom stereocenters. The molecule has 0 spiro atoms. The molecule has 8 heteroatoms. The third-order valence-corrected chi connectivity index (χ3v) is 8.77. The van der Waals surface area contributed by atoms with Gasteiger partial charge < -0.3 is 14.4 Å². The second kappa shape index (κ2) is 11.3. The molecule has 1 aliphatic rings. The molecular formula is C31H38N2O5S. The maximum atomic E-state index is 14.0. The van der Waals surface area contributed by atoms with E-state index < -0.39 is 10.0 Å². The van der Waals surface area contributed by atoms with Crippen LogP contribution in [-0.2, 0) is 26.8 Å². The van der Waals surface area contributed by atoms with E-state index in [4.69, 9.17) is 9.47 Å². The molecule has 4 rings (SSSR count). The zero-order valence-electron chi connectivity index (χ0n) is 23.6. The van der Waals surface area contributed by atoms with Gasteiger partial charge in [-0.25, -0.2) is 8.42 Å². The van der Waals surface area contributed by atoms with Gasteiger partial charge >= 0.3 is 0 Å². The van der Waals surface area contributed by atoms with E-state index in [-0.39, 0.29) is 28.8 Å². The first-order valence-corrected chi connectivity index (χ1v) is 14.6. The molecule has 1 fully saturated rings. The van der Waals surface area contributed by atoms with Gasteiger partial charge in [-0.05, 0) is 72.7 Å². The van der Waals surface area contributed by atoms with Crippen LogP contribution in [0.3, 0.4) is 0 Å². The lowest BCUT2D eigenvalue weighted by Gasteiger charge is -2.29. The van der Waals surface area contributed by atoms with Gasteiger partial charge in [0.2, 0.25) is 5.91 Å². The second-order valence-corrected chi connectivity index (χ2v) is 13.0. The summed E-state index contributed by atoms with van der Waals surface area (Å²) in [7, 11) is -0.843. The van der Waals surface area contributed by atoms with E-state index in [1.807, 2.05) is 43.3 Å². The van der Waals surface area contributed by atoms with Gasteiger partial charge in [-0.15, -0.1) is 0 Å². The van der Waals surface area contributed by atoms with Crippen molar-refractivity contribution >= 4 is 21.6 Å². The highest BCUT2D eigenvalue weighted by Gasteiger charge is 2.36. The quantitative estimate of drug-likeness (QED) is 0.324. The molecule has 3 aromatic carbocycles. The fourth-order valence-corrected chi connectivity index (χ4v) is 5.87. The largest absolute Gasteiger partial charge is 0.497 e. The first-order chi connectivity index (χ1) is 18.4. The van der Waals surface area contributed by atoms with E-state index in [2.05, 4.69) is 20.8 Å². The van der Waals surface area contributed by atoms with Crippen LogP contribution in [-0.4, -0.2) is 46.0 Å². The Morgan fingerprint density at radius 2 is 1.46 bits per heavy atom. The summed E-state index contributed by atoms with van der Waals surface area (Å²) in [6.07, 6.45) is 1.77. The Hall–Kier alpha value is -3.52. The van der Waals surface area contributed by atoms with Crippen LogP contribution in [0, 0.1) is 6.92 Å². The van der Waals surface area contributed by atoms with Crippen molar-refractivity contribution in [2.75, 3.05) is 25.1 Å². The number of carbonyl (C=O) groups is 1. The Kier molecular flexibility index (Phi) is 8.25. The molecule has 1 saturated carbocycles. The van der Waals surface area contributed by atoms with Gasteiger partial charge in [0, 0.05) is 18.7 Å². The highest BCUT2D eigenvalue weighted by Crippen LogP contribution is 2.32. The smallest absolute Gasteiger partial charge is 0.264 e. The van der Waals surface area contributed by atoms with Gasteiger partial charge in [0.15, 0.2) is 0 Å². The van der Waals surface area contributed by atoms with Crippen LogP contribution in [0.4, 0.5) is 5.69 Å².